The maximum Gasteiger partial charge on any atom is 0.221 e. The van der Waals surface area contributed by atoms with Gasteiger partial charge < -0.3 is 5.32 Å². The Morgan fingerprint density at radius 2 is 1.96 bits per heavy atom. The Kier molecular flexibility index (Phi) is 4.76. The molecular weight excluding hydrogens is 310 g/mol. The zero-order valence-corrected chi connectivity index (χ0v) is 14.4. The van der Waals surface area contributed by atoms with Gasteiger partial charge in [-0.2, -0.15) is 0 Å². The Balaban J connectivity index is 1.50. The van der Waals surface area contributed by atoms with Crippen molar-refractivity contribution in [1.29, 1.82) is 0 Å². The van der Waals surface area contributed by atoms with Crippen molar-refractivity contribution >= 4 is 15.7 Å². The number of hydrogen-bond acceptors (Lipinski definition) is 3. The molecule has 0 aliphatic heterocycles. The van der Waals surface area contributed by atoms with Crippen LogP contribution in [0, 0.1) is 17.8 Å². The molecular formula is C18H25NO3S. The lowest BCUT2D eigenvalue weighted by Gasteiger charge is -2.28. The van der Waals surface area contributed by atoms with Gasteiger partial charge in [-0.1, -0.05) is 24.6 Å². The summed E-state index contributed by atoms with van der Waals surface area (Å²) in [5, 5.41) is 3.03. The molecule has 1 amide bonds. The number of fused-ring (bicyclic) bond motifs is 2. The van der Waals surface area contributed by atoms with Gasteiger partial charge in [-0.05, 0) is 56.1 Å². The molecule has 1 aromatic rings. The van der Waals surface area contributed by atoms with Crippen LogP contribution in [-0.2, 0) is 14.6 Å². The van der Waals surface area contributed by atoms with Crippen LogP contribution < -0.4 is 5.32 Å². The van der Waals surface area contributed by atoms with Crippen LogP contribution in [-0.4, -0.2) is 26.1 Å². The van der Waals surface area contributed by atoms with Gasteiger partial charge in [0.15, 0.2) is 9.84 Å². The Labute approximate surface area is 138 Å². The van der Waals surface area contributed by atoms with Crippen LogP contribution in [0.15, 0.2) is 35.2 Å². The highest BCUT2D eigenvalue weighted by molar-refractivity contribution is 7.91. The maximum absolute atomic E-state index is 12.2. The van der Waals surface area contributed by atoms with E-state index in [2.05, 4.69) is 12.2 Å². The average molecular weight is 335 g/mol. The van der Waals surface area contributed by atoms with Gasteiger partial charge in [-0.15, -0.1) is 0 Å². The number of amides is 1. The van der Waals surface area contributed by atoms with Gasteiger partial charge in [0.2, 0.25) is 5.91 Å². The first-order valence-electron chi connectivity index (χ1n) is 8.53. The van der Waals surface area contributed by atoms with Crippen molar-refractivity contribution in [2.45, 2.75) is 50.0 Å². The van der Waals surface area contributed by atoms with Crippen molar-refractivity contribution in [2.24, 2.45) is 17.8 Å². The number of carbonyl (C=O) groups is 1. The van der Waals surface area contributed by atoms with E-state index >= 15 is 0 Å². The lowest BCUT2D eigenvalue weighted by molar-refractivity contribution is -0.121. The van der Waals surface area contributed by atoms with E-state index in [-0.39, 0.29) is 29.0 Å². The highest BCUT2D eigenvalue weighted by atomic mass is 32.2. The van der Waals surface area contributed by atoms with E-state index in [1.165, 1.54) is 25.7 Å². The number of rotatable bonds is 6. The first-order chi connectivity index (χ1) is 11.0. The second kappa shape index (κ2) is 6.63. The third-order valence-corrected chi connectivity index (χ3v) is 7.26. The van der Waals surface area contributed by atoms with Crippen LogP contribution >= 0.6 is 0 Å². The summed E-state index contributed by atoms with van der Waals surface area (Å²) in [5.41, 5.74) is 0. The molecule has 2 fully saturated rings. The molecule has 4 atom stereocenters. The van der Waals surface area contributed by atoms with E-state index < -0.39 is 9.84 Å². The lowest BCUT2D eigenvalue weighted by atomic mass is 9.84. The summed E-state index contributed by atoms with van der Waals surface area (Å²) in [6.45, 7) is 2.06. The molecule has 1 N–H and O–H groups in total. The number of hydrogen-bond donors (Lipinski definition) is 1. The van der Waals surface area contributed by atoms with Crippen LogP contribution in [0.5, 0.6) is 0 Å². The standard InChI is InChI=1S/C18H25NO3S/c1-13(17-12-14-7-8-15(17)11-14)19-18(20)9-10-23(21,22)16-5-3-2-4-6-16/h2-6,13-15,17H,7-12H2,1H3,(H,19,20). The predicted molar refractivity (Wildman–Crippen MR) is 89.7 cm³/mol. The van der Waals surface area contributed by atoms with Gasteiger partial charge in [0.25, 0.3) is 0 Å². The quantitative estimate of drug-likeness (QED) is 0.869. The number of carbonyl (C=O) groups excluding carboxylic acids is 1. The Morgan fingerprint density at radius 1 is 1.22 bits per heavy atom. The van der Waals surface area contributed by atoms with Gasteiger partial charge in [0, 0.05) is 12.5 Å². The molecule has 2 aliphatic rings. The second-order valence-corrected chi connectivity index (χ2v) is 9.19. The van der Waals surface area contributed by atoms with Crippen molar-refractivity contribution < 1.29 is 13.2 Å². The largest absolute Gasteiger partial charge is 0.353 e. The first-order valence-corrected chi connectivity index (χ1v) is 10.2. The molecule has 4 nitrogen and oxygen atoms in total. The second-order valence-electron chi connectivity index (χ2n) is 7.08. The average Bonchev–Trinajstić information content (AvgIpc) is 3.17. The van der Waals surface area contributed by atoms with Gasteiger partial charge in [-0.25, -0.2) is 8.42 Å². The third kappa shape index (κ3) is 3.77. The molecule has 126 valence electrons. The van der Waals surface area contributed by atoms with Gasteiger partial charge in [0.05, 0.1) is 10.6 Å². The molecule has 0 radical (unpaired) electrons. The monoisotopic (exact) mass is 335 g/mol. The summed E-state index contributed by atoms with van der Waals surface area (Å²) in [4.78, 5) is 12.4. The van der Waals surface area contributed by atoms with Crippen molar-refractivity contribution in [3.05, 3.63) is 30.3 Å². The number of nitrogens with one attached hydrogen (secondary N) is 1. The fourth-order valence-corrected chi connectivity index (χ4v) is 5.57. The Morgan fingerprint density at radius 3 is 2.57 bits per heavy atom. The lowest BCUT2D eigenvalue weighted by Crippen LogP contribution is -2.40. The van der Waals surface area contributed by atoms with Crippen LogP contribution in [0.1, 0.15) is 39.0 Å². The van der Waals surface area contributed by atoms with Gasteiger partial charge in [-0.3, -0.25) is 4.79 Å². The van der Waals surface area contributed by atoms with E-state index in [9.17, 15) is 13.2 Å². The smallest absolute Gasteiger partial charge is 0.221 e. The van der Waals surface area contributed by atoms with Crippen LogP contribution in [0.25, 0.3) is 0 Å². The van der Waals surface area contributed by atoms with E-state index in [1.54, 1.807) is 30.3 Å². The van der Waals surface area contributed by atoms with Gasteiger partial charge in [0.1, 0.15) is 0 Å². The predicted octanol–water partition coefficient (Wildman–Crippen LogP) is 2.79. The van der Waals surface area contributed by atoms with Gasteiger partial charge >= 0.3 is 0 Å². The zero-order valence-electron chi connectivity index (χ0n) is 13.6. The molecule has 0 spiro atoms. The van der Waals surface area contributed by atoms with E-state index in [4.69, 9.17) is 0 Å². The minimum atomic E-state index is -3.38. The van der Waals surface area contributed by atoms with Crippen molar-refractivity contribution in [3.8, 4) is 0 Å². The first kappa shape index (κ1) is 16.5. The molecule has 3 rings (SSSR count). The highest BCUT2D eigenvalue weighted by Gasteiger charge is 2.42. The SMILES string of the molecule is CC(NC(=O)CCS(=O)(=O)c1ccccc1)C1CC2CCC1C2. The molecule has 0 heterocycles. The normalized spacial score (nSPS) is 27.8. The number of sulfone groups is 1. The zero-order chi connectivity index (χ0) is 16.4. The Hall–Kier alpha value is -1.36. The summed E-state index contributed by atoms with van der Waals surface area (Å²) >= 11 is 0. The molecule has 2 bridgehead atoms. The van der Waals surface area contributed by atoms with Crippen LogP contribution in [0.4, 0.5) is 0 Å². The van der Waals surface area contributed by atoms with Crippen LogP contribution in [0.2, 0.25) is 0 Å². The van der Waals surface area contributed by atoms with Crippen LogP contribution in [0.3, 0.4) is 0 Å². The molecule has 4 unspecified atom stereocenters. The van der Waals surface area contributed by atoms with Crippen molar-refractivity contribution in [3.63, 3.8) is 0 Å². The number of benzene rings is 1. The Bertz CT molecular complexity index is 656. The summed E-state index contributed by atoms with van der Waals surface area (Å²) in [7, 11) is -3.38. The van der Waals surface area contributed by atoms with E-state index in [1.807, 2.05) is 0 Å². The summed E-state index contributed by atoms with van der Waals surface area (Å²) < 4.78 is 24.4. The molecule has 5 heteroatoms. The highest BCUT2D eigenvalue weighted by Crippen LogP contribution is 2.49. The minimum Gasteiger partial charge on any atom is -0.353 e. The molecule has 2 aliphatic carbocycles. The maximum atomic E-state index is 12.2. The molecule has 0 saturated heterocycles. The summed E-state index contributed by atoms with van der Waals surface area (Å²) in [6, 6.07) is 8.48. The van der Waals surface area contributed by atoms with E-state index in [0.29, 0.717) is 5.92 Å². The summed E-state index contributed by atoms with van der Waals surface area (Å²) in [5.74, 6) is 1.89. The molecule has 23 heavy (non-hydrogen) atoms. The minimum absolute atomic E-state index is 0.0301. The molecule has 2 saturated carbocycles. The fourth-order valence-electron chi connectivity index (χ4n) is 4.31. The van der Waals surface area contributed by atoms with Crippen molar-refractivity contribution in [2.75, 3.05) is 5.75 Å². The van der Waals surface area contributed by atoms with Crippen molar-refractivity contribution in [1.82, 2.24) is 5.32 Å². The third-order valence-electron chi connectivity index (χ3n) is 5.52. The summed E-state index contributed by atoms with van der Waals surface area (Å²) in [6.07, 6.45) is 5.19. The fraction of sp³-hybridized carbons (Fsp3) is 0.611. The topological polar surface area (TPSA) is 63.2 Å². The van der Waals surface area contributed by atoms with E-state index in [0.717, 1.165) is 11.8 Å². The molecule has 0 aromatic heterocycles. The molecule has 1 aromatic carbocycles.